The van der Waals surface area contributed by atoms with E-state index in [2.05, 4.69) is 27.3 Å². The second-order valence-corrected chi connectivity index (χ2v) is 4.97. The molecule has 4 heterocycles. The molecule has 0 bridgehead atoms. The van der Waals surface area contributed by atoms with E-state index in [1.54, 1.807) is 16.8 Å². The Bertz CT molecular complexity index is 908. The van der Waals surface area contributed by atoms with Crippen LogP contribution in [0.5, 0.6) is 0 Å². The van der Waals surface area contributed by atoms with Crippen LogP contribution in [-0.2, 0) is 6.42 Å². The van der Waals surface area contributed by atoms with Crippen molar-refractivity contribution in [3.8, 4) is 0 Å². The van der Waals surface area contributed by atoms with Gasteiger partial charge in [-0.2, -0.15) is 5.10 Å². The molecule has 0 spiro atoms. The zero-order valence-electron chi connectivity index (χ0n) is 10.4. The van der Waals surface area contributed by atoms with Gasteiger partial charge in [-0.15, -0.1) is 0 Å². The zero-order valence-corrected chi connectivity index (χ0v) is 11.2. The van der Waals surface area contributed by atoms with Crippen LogP contribution in [0.2, 0.25) is 5.15 Å². The van der Waals surface area contributed by atoms with Crippen LogP contribution in [-0.4, -0.2) is 24.0 Å². The quantitative estimate of drug-likeness (QED) is 0.568. The molecule has 0 saturated carbocycles. The van der Waals surface area contributed by atoms with Crippen molar-refractivity contribution in [1.29, 1.82) is 0 Å². The summed E-state index contributed by atoms with van der Waals surface area (Å²) in [4.78, 5) is 8.56. The summed E-state index contributed by atoms with van der Waals surface area (Å²) in [6, 6.07) is 7.66. The fraction of sp³-hybridized carbons (Fsp3) is 0.0714. The molecule has 6 heteroatoms. The smallest absolute Gasteiger partial charge is 0.153 e. The molecule has 4 aromatic heterocycles. The molecule has 0 amide bonds. The Morgan fingerprint density at radius 2 is 1.95 bits per heavy atom. The standard InChI is InChI=1S/C14H10ClN5/c15-12-2-4-14-17-8-11(20(14)18-12)7-10-1-3-13-16-5-6-19(13)9-10/h1-6,8-9H,7H2. The Labute approximate surface area is 119 Å². The van der Waals surface area contributed by atoms with Crippen molar-refractivity contribution >= 4 is 22.9 Å². The summed E-state index contributed by atoms with van der Waals surface area (Å²) >= 11 is 5.94. The van der Waals surface area contributed by atoms with Gasteiger partial charge in [0, 0.05) is 25.0 Å². The van der Waals surface area contributed by atoms with Gasteiger partial charge in [0.2, 0.25) is 0 Å². The average molecular weight is 284 g/mol. The molecular formula is C14H10ClN5. The minimum atomic E-state index is 0.460. The lowest BCUT2D eigenvalue weighted by atomic mass is 10.2. The van der Waals surface area contributed by atoms with Crippen LogP contribution in [0.15, 0.2) is 49.1 Å². The summed E-state index contributed by atoms with van der Waals surface area (Å²) in [5.41, 5.74) is 3.90. The number of imidazole rings is 2. The van der Waals surface area contributed by atoms with Gasteiger partial charge in [0.15, 0.2) is 5.65 Å². The van der Waals surface area contributed by atoms with Crippen LogP contribution in [0.1, 0.15) is 11.3 Å². The van der Waals surface area contributed by atoms with E-state index < -0.39 is 0 Å². The number of nitrogens with zero attached hydrogens (tertiary/aromatic N) is 5. The van der Waals surface area contributed by atoms with Crippen LogP contribution in [0.25, 0.3) is 11.3 Å². The lowest BCUT2D eigenvalue weighted by molar-refractivity contribution is 0.869. The Balaban J connectivity index is 1.77. The maximum atomic E-state index is 5.94. The van der Waals surface area contributed by atoms with Gasteiger partial charge in [-0.3, -0.25) is 0 Å². The molecule has 0 aliphatic carbocycles. The summed E-state index contributed by atoms with van der Waals surface area (Å²) < 4.78 is 3.78. The average Bonchev–Trinajstić information content (AvgIpc) is 3.05. The molecule has 0 fully saturated rings. The van der Waals surface area contributed by atoms with E-state index in [4.69, 9.17) is 11.6 Å². The third-order valence-corrected chi connectivity index (χ3v) is 3.44. The van der Waals surface area contributed by atoms with Crippen molar-refractivity contribution in [2.75, 3.05) is 0 Å². The highest BCUT2D eigenvalue weighted by Crippen LogP contribution is 2.14. The van der Waals surface area contributed by atoms with E-state index in [1.807, 2.05) is 28.9 Å². The van der Waals surface area contributed by atoms with Gasteiger partial charge in [-0.1, -0.05) is 17.7 Å². The van der Waals surface area contributed by atoms with Crippen molar-refractivity contribution in [3.05, 3.63) is 65.5 Å². The van der Waals surface area contributed by atoms with E-state index >= 15 is 0 Å². The molecule has 0 aliphatic heterocycles. The van der Waals surface area contributed by atoms with Gasteiger partial charge >= 0.3 is 0 Å². The monoisotopic (exact) mass is 283 g/mol. The second kappa shape index (κ2) is 4.31. The first-order valence-electron chi connectivity index (χ1n) is 6.20. The van der Waals surface area contributed by atoms with E-state index in [0.29, 0.717) is 5.15 Å². The number of hydrogen-bond acceptors (Lipinski definition) is 3. The van der Waals surface area contributed by atoms with Crippen LogP contribution in [0.4, 0.5) is 0 Å². The predicted molar refractivity (Wildman–Crippen MR) is 76.0 cm³/mol. The molecule has 5 nitrogen and oxygen atoms in total. The van der Waals surface area contributed by atoms with Crippen LogP contribution in [0.3, 0.4) is 0 Å². The summed E-state index contributed by atoms with van der Waals surface area (Å²) in [5, 5.41) is 4.74. The molecule has 0 aromatic carbocycles. The van der Waals surface area contributed by atoms with Gasteiger partial charge in [0.1, 0.15) is 10.8 Å². The Kier molecular flexibility index (Phi) is 2.47. The Hall–Kier alpha value is -2.40. The van der Waals surface area contributed by atoms with Gasteiger partial charge in [-0.05, 0) is 23.8 Å². The highest BCUT2D eigenvalue weighted by molar-refractivity contribution is 6.29. The lowest BCUT2D eigenvalue weighted by Crippen LogP contribution is -1.99. The SMILES string of the molecule is Clc1ccc2ncc(Cc3ccc4nccn4c3)n2n1. The lowest BCUT2D eigenvalue weighted by Gasteiger charge is -2.03. The number of pyridine rings is 1. The van der Waals surface area contributed by atoms with Crippen molar-refractivity contribution in [1.82, 2.24) is 24.0 Å². The largest absolute Gasteiger partial charge is 0.307 e. The molecule has 4 aromatic rings. The minimum Gasteiger partial charge on any atom is -0.307 e. The molecule has 0 N–H and O–H groups in total. The first kappa shape index (κ1) is 11.4. The first-order chi connectivity index (χ1) is 9.79. The molecular weight excluding hydrogens is 274 g/mol. The zero-order chi connectivity index (χ0) is 13.5. The summed E-state index contributed by atoms with van der Waals surface area (Å²) in [7, 11) is 0. The first-order valence-corrected chi connectivity index (χ1v) is 6.58. The number of rotatable bonds is 2. The predicted octanol–water partition coefficient (Wildman–Crippen LogP) is 2.62. The fourth-order valence-electron chi connectivity index (χ4n) is 2.30. The van der Waals surface area contributed by atoms with Crippen LogP contribution in [0, 0.1) is 0 Å². The van der Waals surface area contributed by atoms with Gasteiger partial charge in [-0.25, -0.2) is 14.5 Å². The van der Waals surface area contributed by atoms with E-state index in [0.717, 1.165) is 23.4 Å². The molecule has 20 heavy (non-hydrogen) atoms. The number of fused-ring (bicyclic) bond motifs is 2. The second-order valence-electron chi connectivity index (χ2n) is 4.58. The molecule has 0 radical (unpaired) electrons. The highest BCUT2D eigenvalue weighted by atomic mass is 35.5. The minimum absolute atomic E-state index is 0.460. The maximum Gasteiger partial charge on any atom is 0.153 e. The number of aromatic nitrogens is 5. The maximum absolute atomic E-state index is 5.94. The van der Waals surface area contributed by atoms with Crippen molar-refractivity contribution < 1.29 is 0 Å². The Morgan fingerprint density at radius 1 is 1.05 bits per heavy atom. The van der Waals surface area contributed by atoms with Gasteiger partial charge in [0.25, 0.3) is 0 Å². The number of hydrogen-bond donors (Lipinski definition) is 0. The molecule has 98 valence electrons. The van der Waals surface area contributed by atoms with Crippen LogP contribution < -0.4 is 0 Å². The van der Waals surface area contributed by atoms with E-state index in [-0.39, 0.29) is 0 Å². The highest BCUT2D eigenvalue weighted by Gasteiger charge is 2.07. The normalized spacial score (nSPS) is 11.4. The van der Waals surface area contributed by atoms with Gasteiger partial charge < -0.3 is 4.40 Å². The molecule has 0 aliphatic rings. The third-order valence-electron chi connectivity index (χ3n) is 3.24. The summed E-state index contributed by atoms with van der Waals surface area (Å²) in [6.07, 6.45) is 8.35. The summed E-state index contributed by atoms with van der Waals surface area (Å²) in [6.45, 7) is 0. The molecule has 0 atom stereocenters. The third kappa shape index (κ3) is 1.83. The molecule has 0 unspecified atom stereocenters. The van der Waals surface area contributed by atoms with E-state index in [9.17, 15) is 0 Å². The van der Waals surface area contributed by atoms with Crippen molar-refractivity contribution in [3.63, 3.8) is 0 Å². The van der Waals surface area contributed by atoms with E-state index in [1.165, 1.54) is 5.56 Å². The molecule has 4 rings (SSSR count). The molecule has 0 saturated heterocycles. The van der Waals surface area contributed by atoms with Gasteiger partial charge in [0.05, 0.1) is 11.9 Å². The van der Waals surface area contributed by atoms with Crippen molar-refractivity contribution in [2.24, 2.45) is 0 Å². The topological polar surface area (TPSA) is 47.5 Å². The van der Waals surface area contributed by atoms with Crippen LogP contribution >= 0.6 is 11.6 Å². The number of halogens is 1. The Morgan fingerprint density at radius 3 is 2.90 bits per heavy atom. The fourth-order valence-corrected chi connectivity index (χ4v) is 2.44. The summed E-state index contributed by atoms with van der Waals surface area (Å²) in [5.74, 6) is 0. The van der Waals surface area contributed by atoms with Crippen molar-refractivity contribution in [2.45, 2.75) is 6.42 Å².